The van der Waals surface area contributed by atoms with Crippen molar-refractivity contribution in [3.05, 3.63) is 86.8 Å². The molecule has 0 radical (unpaired) electrons. The van der Waals surface area contributed by atoms with Crippen molar-refractivity contribution in [3.8, 4) is 5.75 Å². The fourth-order valence-electron chi connectivity index (χ4n) is 6.73. The Morgan fingerprint density at radius 3 is 2.39 bits per heavy atom. The van der Waals surface area contributed by atoms with Crippen LogP contribution in [0, 0.1) is 11.6 Å². The van der Waals surface area contributed by atoms with Crippen molar-refractivity contribution in [3.63, 3.8) is 0 Å². The van der Waals surface area contributed by atoms with Crippen molar-refractivity contribution in [2.75, 3.05) is 32.1 Å². The molecule has 2 unspecified atom stereocenters. The summed E-state index contributed by atoms with van der Waals surface area (Å²) in [6.45, 7) is -0.821. The van der Waals surface area contributed by atoms with Crippen LogP contribution in [0.4, 0.5) is 13.6 Å². The first-order valence-corrected chi connectivity index (χ1v) is 17.3. The zero-order chi connectivity index (χ0) is 36.8. The van der Waals surface area contributed by atoms with Crippen molar-refractivity contribution in [1.29, 1.82) is 0 Å². The average Bonchev–Trinajstić information content (AvgIpc) is 3.87. The SMILES string of the molecule is O=C(COc1ccccc1)N[C@@H]1C(=O)N2C(C(=O)[O-])=C(COC(=O)NC3CNCC3c3c(F)cc4c(=O)c(C(=O)[O-])cn(C5CC5)c4c3F)CS[C@H]12.[Na+].[Na+]. The van der Waals surface area contributed by atoms with E-state index in [0.717, 1.165) is 28.9 Å². The number of carboxylic acid groups (broad SMARTS) is 2. The number of para-hydroxylation sites is 1. The van der Waals surface area contributed by atoms with Gasteiger partial charge in [0.15, 0.2) is 17.9 Å². The number of thioether (sulfide) groups is 1. The van der Waals surface area contributed by atoms with Crippen LogP contribution in [0.25, 0.3) is 10.9 Å². The minimum absolute atomic E-state index is 0. The van der Waals surface area contributed by atoms with Crippen molar-refractivity contribution in [2.24, 2.45) is 0 Å². The monoisotopic (exact) mass is 783 g/mol. The molecule has 272 valence electrons. The number of carbonyl (C=O) groups excluding carboxylic acids is 5. The number of carbonyl (C=O) groups is 5. The molecule has 3 amide bonds. The van der Waals surface area contributed by atoms with E-state index in [0.29, 0.717) is 18.6 Å². The van der Waals surface area contributed by atoms with Crippen LogP contribution < -0.4 is 95.4 Å². The van der Waals surface area contributed by atoms with Crippen LogP contribution in [0.2, 0.25) is 0 Å². The molecular weight excluding hydrogens is 754 g/mol. The van der Waals surface area contributed by atoms with E-state index in [1.807, 2.05) is 0 Å². The zero-order valence-electron chi connectivity index (χ0n) is 29.0. The van der Waals surface area contributed by atoms with Crippen molar-refractivity contribution in [1.82, 2.24) is 25.4 Å². The number of aromatic nitrogens is 1. The summed E-state index contributed by atoms with van der Waals surface area (Å²) >= 11 is 1.14. The number of alkyl carbamates (subject to hydrolysis) is 1. The van der Waals surface area contributed by atoms with Gasteiger partial charge >= 0.3 is 65.2 Å². The predicted molar refractivity (Wildman–Crippen MR) is 174 cm³/mol. The summed E-state index contributed by atoms with van der Waals surface area (Å²) in [6.07, 6.45) is 1.17. The number of aromatic carboxylic acids is 1. The van der Waals surface area contributed by atoms with Gasteiger partial charge in [-0.2, -0.15) is 0 Å². The molecule has 4 aliphatic rings. The van der Waals surface area contributed by atoms with Crippen molar-refractivity contribution in [2.45, 2.75) is 42.3 Å². The average molecular weight is 784 g/mol. The number of benzene rings is 2. The van der Waals surface area contributed by atoms with Gasteiger partial charge in [0.1, 0.15) is 29.6 Å². The van der Waals surface area contributed by atoms with E-state index in [1.165, 1.54) is 4.57 Å². The third-order valence-electron chi connectivity index (χ3n) is 9.34. The summed E-state index contributed by atoms with van der Waals surface area (Å²) in [5, 5.41) is 30.6. The maximum absolute atomic E-state index is 16.2. The molecule has 3 aliphatic heterocycles. The quantitative estimate of drug-likeness (QED) is 0.123. The molecule has 1 saturated carbocycles. The van der Waals surface area contributed by atoms with Gasteiger partial charge in [-0.3, -0.25) is 19.3 Å². The van der Waals surface area contributed by atoms with Gasteiger partial charge in [0.2, 0.25) is 0 Å². The Labute approximate surface area is 353 Å². The van der Waals surface area contributed by atoms with E-state index in [-0.39, 0.29) is 102 Å². The Balaban J connectivity index is 0.00000280. The molecule has 3 fully saturated rings. The number of amides is 3. The van der Waals surface area contributed by atoms with Gasteiger partial charge in [0, 0.05) is 48.1 Å². The number of β-lactam (4-membered cyclic amide) rings is 1. The summed E-state index contributed by atoms with van der Waals surface area (Å²) in [5.74, 6) is -7.42. The van der Waals surface area contributed by atoms with Crippen LogP contribution in [0.15, 0.2) is 58.7 Å². The predicted octanol–water partition coefficient (Wildman–Crippen LogP) is -6.75. The van der Waals surface area contributed by atoms with E-state index in [2.05, 4.69) is 16.0 Å². The Bertz CT molecular complexity index is 2120. The van der Waals surface area contributed by atoms with Crippen molar-refractivity contribution < 1.29 is 112 Å². The van der Waals surface area contributed by atoms with E-state index in [9.17, 15) is 39.0 Å². The van der Waals surface area contributed by atoms with Crippen molar-refractivity contribution >= 4 is 52.5 Å². The summed E-state index contributed by atoms with van der Waals surface area (Å²) < 4.78 is 43.8. The van der Waals surface area contributed by atoms with Gasteiger partial charge in [0.05, 0.1) is 40.1 Å². The molecule has 1 aromatic heterocycles. The number of hydrogen-bond acceptors (Lipinski definition) is 12. The second kappa shape index (κ2) is 17.1. The van der Waals surface area contributed by atoms with Gasteiger partial charge in [0.25, 0.3) is 11.8 Å². The van der Waals surface area contributed by atoms with Gasteiger partial charge in [-0.15, -0.1) is 11.8 Å². The first-order chi connectivity index (χ1) is 24.9. The zero-order valence-corrected chi connectivity index (χ0v) is 33.8. The number of carboxylic acids is 2. The van der Waals surface area contributed by atoms with Crippen LogP contribution in [-0.4, -0.2) is 88.8 Å². The molecule has 54 heavy (non-hydrogen) atoms. The van der Waals surface area contributed by atoms with Gasteiger partial charge in [-0.25, -0.2) is 13.6 Å². The standard InChI is InChI=1S/C34H31F2N5O10S.2Na/c35-21-8-18-28(40(16-6-7-16)11-20(29(18)43)32(45)46)25(36)24(21)19-9-37-10-22(19)38-34(49)51-12-15-14-52-31-26(30(44)41(31)27(15)33(47)48)39-23(42)13-50-17-4-2-1-3-5-17;;/h1-5,8,11,16,19,22,26,31,37H,6-7,9-10,12-14H2,(H,38,49)(H,39,42)(H,45,46)(H,47,48);;/q;2*+1/p-2/t19?,22?,26-,31-;;/m1../s1. The first kappa shape index (κ1) is 41.7. The second-order valence-electron chi connectivity index (χ2n) is 12.7. The third-order valence-corrected chi connectivity index (χ3v) is 10.7. The molecule has 2 aromatic carbocycles. The maximum Gasteiger partial charge on any atom is 1.00 e. The van der Waals surface area contributed by atoms with Crippen LogP contribution in [0.3, 0.4) is 0 Å². The number of nitrogens with one attached hydrogen (secondary N) is 3. The molecule has 1 aliphatic carbocycles. The smallest absolute Gasteiger partial charge is 0.545 e. The third kappa shape index (κ3) is 8.07. The number of nitrogens with zero attached hydrogens (tertiary/aromatic N) is 2. The molecule has 3 aromatic rings. The number of ether oxygens (including phenoxy) is 2. The fourth-order valence-corrected chi connectivity index (χ4v) is 8.05. The number of fused-ring (bicyclic) bond motifs is 2. The number of pyridine rings is 1. The molecule has 0 spiro atoms. The summed E-state index contributed by atoms with van der Waals surface area (Å²) in [7, 11) is 0. The Hall–Kier alpha value is -3.49. The molecule has 7 rings (SSSR count). The molecule has 20 heteroatoms. The largest absolute Gasteiger partial charge is 1.00 e. The van der Waals surface area contributed by atoms with Gasteiger partial charge in [-0.1, -0.05) is 18.2 Å². The van der Waals surface area contributed by atoms with E-state index in [4.69, 9.17) is 9.47 Å². The van der Waals surface area contributed by atoms with E-state index < -0.39 is 99.1 Å². The maximum atomic E-state index is 16.2. The Morgan fingerprint density at radius 2 is 1.72 bits per heavy atom. The Morgan fingerprint density at radius 1 is 1.00 bits per heavy atom. The van der Waals surface area contributed by atoms with Gasteiger partial charge in [-0.05, 0) is 31.0 Å². The van der Waals surface area contributed by atoms with Crippen LogP contribution in [0.1, 0.15) is 40.7 Å². The number of rotatable bonds is 11. The molecule has 4 heterocycles. The van der Waals surface area contributed by atoms with Gasteiger partial charge < -0.3 is 49.8 Å². The second-order valence-corrected chi connectivity index (χ2v) is 13.8. The van der Waals surface area contributed by atoms with Crippen LogP contribution in [-0.2, 0) is 19.1 Å². The summed E-state index contributed by atoms with van der Waals surface area (Å²) in [5.41, 5.74) is -2.89. The summed E-state index contributed by atoms with van der Waals surface area (Å²) in [6, 6.07) is 7.12. The van der Waals surface area contributed by atoms with Crippen LogP contribution in [0.5, 0.6) is 5.75 Å². The molecule has 15 nitrogen and oxygen atoms in total. The first-order valence-electron chi connectivity index (χ1n) is 16.2. The summed E-state index contributed by atoms with van der Waals surface area (Å²) in [4.78, 5) is 75.8. The van der Waals surface area contributed by atoms with Crippen LogP contribution >= 0.6 is 11.8 Å². The van der Waals surface area contributed by atoms with E-state index >= 15 is 8.78 Å². The number of halogens is 2. The number of hydrogen-bond donors (Lipinski definition) is 3. The Kier molecular flexibility index (Phi) is 13.2. The molecule has 0 bridgehead atoms. The minimum Gasteiger partial charge on any atom is -0.545 e. The molecule has 4 atom stereocenters. The normalized spacial score (nSPS) is 21.6. The van der Waals surface area contributed by atoms with E-state index in [1.54, 1.807) is 30.3 Å². The molecule has 3 N–H and O–H groups in total. The minimum atomic E-state index is -1.77. The molecule has 2 saturated heterocycles. The number of aliphatic carboxylic acids is 1. The fraction of sp³-hybridized carbons (Fsp3) is 0.353. The topological polar surface area (TPSA) is 211 Å². The molecular formula is C34H29F2N5Na2O10S.